The summed E-state index contributed by atoms with van der Waals surface area (Å²) >= 11 is 0. The standard InChI is InChI=1S/C15H14FN3O2/c1-9-12(5-6-20)15(21)19-14(17-9)8-13(18-19)10-3-2-4-11(16)7-10/h2-4,7-8,18,20H,5-6H2,1H3. The van der Waals surface area contributed by atoms with Gasteiger partial charge in [0.2, 0.25) is 0 Å². The first kappa shape index (κ1) is 13.5. The van der Waals surface area contributed by atoms with E-state index >= 15 is 0 Å². The molecule has 0 atom stereocenters. The topological polar surface area (TPSA) is 70.4 Å². The molecule has 21 heavy (non-hydrogen) atoms. The van der Waals surface area contributed by atoms with Crippen LogP contribution in [0.3, 0.4) is 0 Å². The highest BCUT2D eigenvalue weighted by Gasteiger charge is 2.12. The second-order valence-corrected chi connectivity index (χ2v) is 4.83. The molecule has 0 radical (unpaired) electrons. The lowest BCUT2D eigenvalue weighted by Crippen LogP contribution is -2.22. The zero-order valence-corrected chi connectivity index (χ0v) is 11.4. The van der Waals surface area contributed by atoms with Gasteiger partial charge >= 0.3 is 0 Å². The maximum Gasteiger partial charge on any atom is 0.276 e. The third-order valence-electron chi connectivity index (χ3n) is 3.41. The summed E-state index contributed by atoms with van der Waals surface area (Å²) in [5.74, 6) is -0.344. The molecule has 6 heteroatoms. The lowest BCUT2D eigenvalue weighted by atomic mass is 10.1. The summed E-state index contributed by atoms with van der Waals surface area (Å²) in [6.07, 6.45) is 0.259. The smallest absolute Gasteiger partial charge is 0.276 e. The van der Waals surface area contributed by atoms with Crippen LogP contribution in [-0.2, 0) is 6.42 Å². The predicted molar refractivity (Wildman–Crippen MR) is 76.7 cm³/mol. The monoisotopic (exact) mass is 287 g/mol. The fourth-order valence-corrected chi connectivity index (χ4v) is 2.37. The first-order chi connectivity index (χ1) is 10.1. The van der Waals surface area contributed by atoms with Crippen LogP contribution in [0, 0.1) is 12.7 Å². The van der Waals surface area contributed by atoms with Crippen molar-refractivity contribution in [3.8, 4) is 11.3 Å². The highest BCUT2D eigenvalue weighted by molar-refractivity contribution is 5.64. The molecule has 0 aliphatic carbocycles. The number of hydrogen-bond donors (Lipinski definition) is 2. The van der Waals surface area contributed by atoms with E-state index in [-0.39, 0.29) is 24.4 Å². The molecule has 3 aromatic rings. The number of nitrogens with one attached hydrogen (secondary N) is 1. The van der Waals surface area contributed by atoms with Crippen molar-refractivity contribution < 1.29 is 9.50 Å². The number of aliphatic hydroxyl groups excluding tert-OH is 1. The maximum absolute atomic E-state index is 13.3. The van der Waals surface area contributed by atoms with Crippen LogP contribution in [0.4, 0.5) is 4.39 Å². The first-order valence-corrected chi connectivity index (χ1v) is 6.58. The second kappa shape index (κ2) is 5.14. The van der Waals surface area contributed by atoms with Crippen molar-refractivity contribution in [2.45, 2.75) is 13.3 Å². The van der Waals surface area contributed by atoms with Crippen molar-refractivity contribution in [3.05, 3.63) is 57.8 Å². The first-order valence-electron chi connectivity index (χ1n) is 6.58. The van der Waals surface area contributed by atoms with Gasteiger partial charge in [0.25, 0.3) is 5.56 Å². The highest BCUT2D eigenvalue weighted by Crippen LogP contribution is 2.19. The van der Waals surface area contributed by atoms with Crippen molar-refractivity contribution in [1.29, 1.82) is 0 Å². The molecule has 2 heterocycles. The molecule has 5 nitrogen and oxygen atoms in total. The lowest BCUT2D eigenvalue weighted by Gasteiger charge is -2.02. The Bertz CT molecular complexity index is 867. The maximum atomic E-state index is 13.3. The summed E-state index contributed by atoms with van der Waals surface area (Å²) in [6.45, 7) is 1.63. The fourth-order valence-electron chi connectivity index (χ4n) is 2.37. The van der Waals surface area contributed by atoms with Crippen LogP contribution in [0.1, 0.15) is 11.3 Å². The number of nitrogens with zero attached hydrogens (tertiary/aromatic N) is 2. The second-order valence-electron chi connectivity index (χ2n) is 4.83. The summed E-state index contributed by atoms with van der Waals surface area (Å²) in [5.41, 5.74) is 2.55. The van der Waals surface area contributed by atoms with E-state index < -0.39 is 0 Å². The van der Waals surface area contributed by atoms with E-state index in [0.717, 1.165) is 0 Å². The Balaban J connectivity index is 2.21. The van der Waals surface area contributed by atoms with Crippen molar-refractivity contribution in [1.82, 2.24) is 14.6 Å². The number of rotatable bonds is 3. The summed E-state index contributed by atoms with van der Waals surface area (Å²) in [6, 6.07) is 7.80. The molecule has 0 unspecified atom stereocenters. The summed E-state index contributed by atoms with van der Waals surface area (Å²) in [4.78, 5) is 16.7. The van der Waals surface area contributed by atoms with E-state index in [2.05, 4.69) is 10.1 Å². The molecular weight excluding hydrogens is 273 g/mol. The van der Waals surface area contributed by atoms with E-state index in [0.29, 0.717) is 28.2 Å². The lowest BCUT2D eigenvalue weighted by molar-refractivity contribution is 0.298. The van der Waals surface area contributed by atoms with Crippen LogP contribution >= 0.6 is 0 Å². The van der Waals surface area contributed by atoms with Gasteiger partial charge in [-0.15, -0.1) is 0 Å². The average molecular weight is 287 g/mol. The molecule has 108 valence electrons. The Kier molecular flexibility index (Phi) is 3.31. The van der Waals surface area contributed by atoms with Crippen molar-refractivity contribution >= 4 is 5.65 Å². The van der Waals surface area contributed by atoms with Gasteiger partial charge in [-0.05, 0) is 19.1 Å². The van der Waals surface area contributed by atoms with E-state index in [1.165, 1.54) is 16.6 Å². The molecule has 2 N–H and O–H groups in total. The van der Waals surface area contributed by atoms with Gasteiger partial charge in [-0.2, -0.15) is 0 Å². The highest BCUT2D eigenvalue weighted by atomic mass is 19.1. The number of aromatic nitrogens is 3. The summed E-state index contributed by atoms with van der Waals surface area (Å²) < 4.78 is 14.6. The van der Waals surface area contributed by atoms with Crippen LogP contribution in [0.5, 0.6) is 0 Å². The number of fused-ring (bicyclic) bond motifs is 1. The van der Waals surface area contributed by atoms with E-state index in [9.17, 15) is 9.18 Å². The van der Waals surface area contributed by atoms with Crippen molar-refractivity contribution in [2.75, 3.05) is 6.61 Å². The van der Waals surface area contributed by atoms with E-state index in [4.69, 9.17) is 5.11 Å². The molecule has 0 amide bonds. The molecule has 0 saturated heterocycles. The van der Waals surface area contributed by atoms with Gasteiger partial charge in [0.15, 0.2) is 5.65 Å². The fraction of sp³-hybridized carbons (Fsp3) is 0.200. The predicted octanol–water partition coefficient (Wildman–Crippen LogP) is 1.67. The Morgan fingerprint density at radius 2 is 2.19 bits per heavy atom. The average Bonchev–Trinajstić information content (AvgIpc) is 2.87. The minimum Gasteiger partial charge on any atom is -0.396 e. The number of benzene rings is 1. The third kappa shape index (κ3) is 2.34. The molecule has 0 bridgehead atoms. The summed E-state index contributed by atoms with van der Waals surface area (Å²) in [7, 11) is 0. The zero-order valence-electron chi connectivity index (χ0n) is 11.4. The van der Waals surface area contributed by atoms with Gasteiger partial charge in [0.1, 0.15) is 5.82 Å². The zero-order chi connectivity index (χ0) is 15.0. The SMILES string of the molecule is Cc1nc2cc(-c3cccc(F)c3)[nH]n2c(=O)c1CCO. The van der Waals surface area contributed by atoms with Crippen LogP contribution < -0.4 is 5.56 Å². The quantitative estimate of drug-likeness (QED) is 0.770. The normalized spacial score (nSPS) is 11.2. The third-order valence-corrected chi connectivity index (χ3v) is 3.41. The molecule has 0 aliphatic rings. The van der Waals surface area contributed by atoms with Gasteiger partial charge in [-0.3, -0.25) is 9.89 Å². The van der Waals surface area contributed by atoms with Crippen molar-refractivity contribution in [2.24, 2.45) is 0 Å². The number of H-pyrrole nitrogens is 1. The number of aryl methyl sites for hydroxylation is 1. The van der Waals surface area contributed by atoms with Crippen LogP contribution in [0.25, 0.3) is 16.9 Å². The Morgan fingerprint density at radius 1 is 1.38 bits per heavy atom. The Labute approximate surface area is 119 Å². The number of halogens is 1. The molecule has 0 fully saturated rings. The van der Waals surface area contributed by atoms with Gasteiger partial charge in [0.05, 0.1) is 5.69 Å². The van der Waals surface area contributed by atoms with Crippen molar-refractivity contribution in [3.63, 3.8) is 0 Å². The van der Waals surface area contributed by atoms with Gasteiger partial charge < -0.3 is 5.11 Å². The van der Waals surface area contributed by atoms with Crippen LogP contribution in [-0.4, -0.2) is 26.3 Å². The summed E-state index contributed by atoms with van der Waals surface area (Å²) in [5, 5.41) is 12.0. The van der Waals surface area contributed by atoms with Gasteiger partial charge in [-0.25, -0.2) is 13.9 Å². The minimum absolute atomic E-state index is 0.110. The Morgan fingerprint density at radius 3 is 2.90 bits per heavy atom. The molecule has 2 aromatic heterocycles. The van der Waals surface area contributed by atoms with Gasteiger partial charge in [0, 0.05) is 35.9 Å². The Hall–Kier alpha value is -2.47. The van der Waals surface area contributed by atoms with E-state index in [1.807, 2.05) is 0 Å². The van der Waals surface area contributed by atoms with Crippen LogP contribution in [0.2, 0.25) is 0 Å². The number of aromatic amines is 1. The van der Waals surface area contributed by atoms with E-state index in [1.54, 1.807) is 25.1 Å². The molecule has 3 rings (SSSR count). The molecular formula is C15H14FN3O2. The van der Waals surface area contributed by atoms with Crippen LogP contribution in [0.15, 0.2) is 35.1 Å². The minimum atomic E-state index is -0.344. The molecule has 1 aromatic carbocycles. The van der Waals surface area contributed by atoms with Gasteiger partial charge in [-0.1, -0.05) is 12.1 Å². The molecule has 0 spiro atoms. The molecule has 0 saturated carbocycles. The number of hydrogen-bond acceptors (Lipinski definition) is 3. The largest absolute Gasteiger partial charge is 0.396 e. The number of aliphatic hydroxyl groups is 1. The molecule has 0 aliphatic heterocycles.